The van der Waals surface area contributed by atoms with Crippen LogP contribution in [-0.4, -0.2) is 33.7 Å². The molecule has 0 aliphatic carbocycles. The number of likely N-dealkylation sites (N-methyl/N-ethyl adjacent to an activating group) is 1. The Bertz CT molecular complexity index is 982. The van der Waals surface area contributed by atoms with Crippen molar-refractivity contribution < 1.29 is 19.2 Å². The average molecular weight is 394 g/mol. The first kappa shape index (κ1) is 20.7. The van der Waals surface area contributed by atoms with Crippen LogP contribution in [0.4, 0.5) is 0 Å². The van der Waals surface area contributed by atoms with E-state index in [1.807, 2.05) is 50.4 Å². The Balaban J connectivity index is 1.63. The van der Waals surface area contributed by atoms with Gasteiger partial charge in [-0.2, -0.15) is 0 Å². The van der Waals surface area contributed by atoms with Gasteiger partial charge in [-0.1, -0.05) is 42.5 Å². The number of methoxy groups -OCH3 is 2. The molecule has 2 N–H and O–H groups in total. The van der Waals surface area contributed by atoms with Crippen molar-refractivity contribution in [3.63, 3.8) is 0 Å². The monoisotopic (exact) mass is 393 g/mol. The van der Waals surface area contributed by atoms with Crippen molar-refractivity contribution >= 4 is 16.7 Å². The first-order chi connectivity index (χ1) is 14.0. The second kappa shape index (κ2) is 9.43. The molecule has 0 aliphatic heterocycles. The molecule has 1 amide bonds. The maximum absolute atomic E-state index is 12.6. The summed E-state index contributed by atoms with van der Waals surface area (Å²) in [5, 5.41) is 5.49. The molecule has 3 rings (SSSR count). The quantitative estimate of drug-likeness (QED) is 0.619. The van der Waals surface area contributed by atoms with E-state index in [-0.39, 0.29) is 11.9 Å². The summed E-state index contributed by atoms with van der Waals surface area (Å²) in [5.74, 6) is 1.55. The summed E-state index contributed by atoms with van der Waals surface area (Å²) in [5.41, 5.74) is 2.17. The Morgan fingerprint density at radius 2 is 1.79 bits per heavy atom. The van der Waals surface area contributed by atoms with E-state index in [1.165, 1.54) is 10.8 Å². The highest BCUT2D eigenvalue weighted by Crippen LogP contribution is 2.25. The van der Waals surface area contributed by atoms with Crippen LogP contribution in [-0.2, 0) is 11.3 Å². The van der Waals surface area contributed by atoms with Gasteiger partial charge in [-0.3, -0.25) is 4.79 Å². The average Bonchev–Trinajstić information content (AvgIpc) is 2.73. The summed E-state index contributed by atoms with van der Waals surface area (Å²) in [6.07, 6.45) is 0. The van der Waals surface area contributed by atoms with Crippen LogP contribution >= 0.6 is 0 Å². The molecule has 0 saturated heterocycles. The SMILES string of the molecule is COc1ccc(C[NH+](C)CC(=O)N[C@H](C)c2cccc3ccccc23)c(OC)c1. The van der Waals surface area contributed by atoms with E-state index in [2.05, 4.69) is 29.6 Å². The van der Waals surface area contributed by atoms with Crippen LogP contribution < -0.4 is 19.7 Å². The summed E-state index contributed by atoms with van der Waals surface area (Å²) in [6, 6.07) is 20.1. The zero-order valence-corrected chi connectivity index (χ0v) is 17.5. The van der Waals surface area contributed by atoms with Crippen molar-refractivity contribution in [3.8, 4) is 11.5 Å². The summed E-state index contributed by atoms with van der Waals surface area (Å²) >= 11 is 0. The lowest BCUT2D eigenvalue weighted by molar-refractivity contribution is -0.885. The largest absolute Gasteiger partial charge is 0.497 e. The smallest absolute Gasteiger partial charge is 0.275 e. The van der Waals surface area contributed by atoms with E-state index in [0.29, 0.717) is 13.1 Å². The van der Waals surface area contributed by atoms with E-state index in [1.54, 1.807) is 14.2 Å². The minimum atomic E-state index is -0.0584. The van der Waals surface area contributed by atoms with Crippen LogP contribution in [0.15, 0.2) is 60.7 Å². The summed E-state index contributed by atoms with van der Waals surface area (Å²) in [4.78, 5) is 13.7. The van der Waals surface area contributed by atoms with Gasteiger partial charge >= 0.3 is 0 Å². The minimum Gasteiger partial charge on any atom is -0.497 e. The molecule has 0 aliphatic rings. The van der Waals surface area contributed by atoms with E-state index >= 15 is 0 Å². The van der Waals surface area contributed by atoms with E-state index in [0.717, 1.165) is 27.5 Å². The number of rotatable bonds is 8. The maximum Gasteiger partial charge on any atom is 0.275 e. The number of hydrogen-bond acceptors (Lipinski definition) is 3. The predicted octanol–water partition coefficient (Wildman–Crippen LogP) is 2.75. The van der Waals surface area contributed by atoms with Crippen LogP contribution in [0, 0.1) is 0 Å². The topological polar surface area (TPSA) is 52.0 Å². The lowest BCUT2D eigenvalue weighted by Crippen LogP contribution is -3.08. The fourth-order valence-corrected chi connectivity index (χ4v) is 3.66. The highest BCUT2D eigenvalue weighted by atomic mass is 16.5. The molecular formula is C24H29N2O3+. The molecule has 0 heterocycles. The van der Waals surface area contributed by atoms with Gasteiger partial charge in [0.1, 0.15) is 18.0 Å². The van der Waals surface area contributed by atoms with Gasteiger partial charge in [-0.15, -0.1) is 0 Å². The molecule has 0 spiro atoms. The fourth-order valence-electron chi connectivity index (χ4n) is 3.66. The van der Waals surface area contributed by atoms with Crippen LogP contribution in [0.25, 0.3) is 10.8 Å². The number of benzene rings is 3. The van der Waals surface area contributed by atoms with E-state index in [9.17, 15) is 4.79 Å². The number of amides is 1. The van der Waals surface area contributed by atoms with Gasteiger partial charge < -0.3 is 19.7 Å². The third-order valence-electron chi connectivity index (χ3n) is 5.12. The van der Waals surface area contributed by atoms with Crippen LogP contribution in [0.2, 0.25) is 0 Å². The Morgan fingerprint density at radius 3 is 2.55 bits per heavy atom. The van der Waals surface area contributed by atoms with Gasteiger partial charge in [0.15, 0.2) is 6.54 Å². The third-order valence-corrected chi connectivity index (χ3v) is 5.12. The number of fused-ring (bicyclic) bond motifs is 1. The van der Waals surface area contributed by atoms with Crippen molar-refractivity contribution in [3.05, 3.63) is 71.8 Å². The van der Waals surface area contributed by atoms with Gasteiger partial charge in [0.05, 0.1) is 27.3 Å². The second-order valence-electron chi connectivity index (χ2n) is 7.35. The molecule has 5 nitrogen and oxygen atoms in total. The molecule has 0 radical (unpaired) electrons. The molecular weight excluding hydrogens is 364 g/mol. The Labute approximate surface area is 172 Å². The van der Waals surface area contributed by atoms with Gasteiger partial charge in [-0.05, 0) is 35.4 Å². The van der Waals surface area contributed by atoms with Gasteiger partial charge in [-0.25, -0.2) is 0 Å². The lowest BCUT2D eigenvalue weighted by atomic mass is 10.00. The first-order valence-electron chi connectivity index (χ1n) is 9.81. The maximum atomic E-state index is 12.6. The zero-order chi connectivity index (χ0) is 20.8. The molecule has 5 heteroatoms. The number of quaternary nitrogens is 1. The van der Waals surface area contributed by atoms with Crippen molar-refractivity contribution in [2.75, 3.05) is 27.8 Å². The van der Waals surface area contributed by atoms with Gasteiger partial charge in [0, 0.05) is 11.6 Å². The molecule has 3 aromatic rings. The molecule has 1 unspecified atom stereocenters. The highest BCUT2D eigenvalue weighted by Gasteiger charge is 2.17. The molecule has 29 heavy (non-hydrogen) atoms. The van der Waals surface area contributed by atoms with Crippen molar-refractivity contribution in [2.45, 2.75) is 19.5 Å². The molecule has 152 valence electrons. The number of nitrogens with one attached hydrogen (secondary N) is 2. The zero-order valence-electron chi connectivity index (χ0n) is 17.5. The highest BCUT2D eigenvalue weighted by molar-refractivity contribution is 5.87. The summed E-state index contributed by atoms with van der Waals surface area (Å²) in [7, 11) is 5.28. The van der Waals surface area contributed by atoms with Crippen LogP contribution in [0.5, 0.6) is 11.5 Å². The number of carbonyl (C=O) groups excluding carboxylic acids is 1. The van der Waals surface area contributed by atoms with Crippen LogP contribution in [0.3, 0.4) is 0 Å². The van der Waals surface area contributed by atoms with Crippen molar-refractivity contribution in [1.29, 1.82) is 0 Å². The number of carbonyl (C=O) groups is 1. The van der Waals surface area contributed by atoms with Gasteiger partial charge in [0.2, 0.25) is 0 Å². The molecule has 3 aromatic carbocycles. The summed E-state index contributed by atoms with van der Waals surface area (Å²) < 4.78 is 10.7. The Morgan fingerprint density at radius 1 is 1.03 bits per heavy atom. The van der Waals surface area contributed by atoms with Gasteiger partial charge in [0.25, 0.3) is 5.91 Å². The summed E-state index contributed by atoms with van der Waals surface area (Å²) in [6.45, 7) is 3.09. The lowest BCUT2D eigenvalue weighted by Gasteiger charge is -2.19. The van der Waals surface area contributed by atoms with E-state index < -0.39 is 0 Å². The molecule has 0 aromatic heterocycles. The Kier molecular flexibility index (Phi) is 6.73. The Hall–Kier alpha value is -3.05. The van der Waals surface area contributed by atoms with E-state index in [4.69, 9.17) is 9.47 Å². The molecule has 2 atom stereocenters. The predicted molar refractivity (Wildman–Crippen MR) is 116 cm³/mol. The normalized spacial score (nSPS) is 13.0. The molecule has 0 fully saturated rings. The standard InChI is InChI=1S/C24H28N2O3/c1-17(21-11-7-9-18-8-5-6-10-22(18)21)25-24(27)16-26(2)15-19-12-13-20(28-3)14-23(19)29-4/h5-14,17H,15-16H2,1-4H3,(H,25,27)/p+1/t17-/m1/s1. The first-order valence-corrected chi connectivity index (χ1v) is 9.81. The minimum absolute atomic E-state index is 0.0235. The molecule has 0 saturated carbocycles. The third kappa shape index (κ3) is 5.06. The van der Waals surface area contributed by atoms with Crippen molar-refractivity contribution in [2.24, 2.45) is 0 Å². The molecule has 0 bridgehead atoms. The van der Waals surface area contributed by atoms with Crippen molar-refractivity contribution in [1.82, 2.24) is 5.32 Å². The number of ether oxygens (including phenoxy) is 2. The van der Waals surface area contributed by atoms with Crippen LogP contribution in [0.1, 0.15) is 24.1 Å². The fraction of sp³-hybridized carbons (Fsp3) is 0.292. The number of hydrogen-bond donors (Lipinski definition) is 2. The second-order valence-corrected chi connectivity index (χ2v) is 7.35.